The van der Waals surface area contributed by atoms with Crippen LogP contribution in [0.25, 0.3) is 0 Å². The molecule has 0 radical (unpaired) electrons. The Morgan fingerprint density at radius 2 is 1.95 bits per heavy atom. The first-order chi connectivity index (χ1) is 10.5. The number of nitrogens with one attached hydrogen (secondary N) is 2. The Morgan fingerprint density at radius 3 is 2.59 bits per heavy atom. The molecule has 0 fully saturated rings. The molecule has 22 heavy (non-hydrogen) atoms. The number of carbonyl (C=O) groups is 1. The molecule has 0 aliphatic carbocycles. The Labute approximate surface area is 133 Å². The average Bonchev–Trinajstić information content (AvgIpc) is 2.50. The number of methoxy groups -OCH3 is 1. The van der Waals surface area contributed by atoms with Crippen LogP contribution < -0.4 is 15.4 Å². The molecule has 0 aliphatic heterocycles. The summed E-state index contributed by atoms with van der Waals surface area (Å²) in [5.74, 6) is -0.0380. The summed E-state index contributed by atoms with van der Waals surface area (Å²) in [4.78, 5) is 11.9. The van der Waals surface area contributed by atoms with Gasteiger partial charge in [0.05, 0.1) is 19.3 Å². The van der Waals surface area contributed by atoms with E-state index in [2.05, 4.69) is 10.6 Å². The lowest BCUT2D eigenvalue weighted by molar-refractivity contribution is -0.114. The van der Waals surface area contributed by atoms with Gasteiger partial charge >= 0.3 is 0 Å². The summed E-state index contributed by atoms with van der Waals surface area (Å²) in [7, 11) is 1.53. The van der Waals surface area contributed by atoms with Crippen LogP contribution in [0.3, 0.4) is 0 Å². The van der Waals surface area contributed by atoms with Crippen LogP contribution in [-0.2, 0) is 4.79 Å². The second kappa shape index (κ2) is 7.13. The Bertz CT molecular complexity index is 675. The van der Waals surface area contributed by atoms with Crippen LogP contribution in [0.1, 0.15) is 5.56 Å². The minimum atomic E-state index is -0.350. The third-order valence-electron chi connectivity index (χ3n) is 3.05. The molecule has 0 saturated heterocycles. The van der Waals surface area contributed by atoms with Crippen molar-refractivity contribution in [2.45, 2.75) is 6.92 Å². The molecule has 2 aromatic carbocycles. The van der Waals surface area contributed by atoms with Crippen LogP contribution in [0, 0.1) is 12.7 Å². The number of rotatable bonds is 5. The fourth-order valence-corrected chi connectivity index (χ4v) is 2.04. The quantitative estimate of drug-likeness (QED) is 0.879. The lowest BCUT2D eigenvalue weighted by atomic mass is 10.2. The minimum Gasteiger partial charge on any atom is -0.495 e. The Morgan fingerprint density at radius 1 is 1.27 bits per heavy atom. The minimum absolute atomic E-state index is 0.0504. The van der Waals surface area contributed by atoms with Crippen LogP contribution in [0.2, 0.25) is 5.02 Å². The van der Waals surface area contributed by atoms with Gasteiger partial charge in [-0.1, -0.05) is 11.6 Å². The van der Waals surface area contributed by atoms with Crippen molar-refractivity contribution in [2.75, 3.05) is 24.3 Å². The molecular formula is C16H16ClFN2O2. The molecule has 0 aromatic heterocycles. The summed E-state index contributed by atoms with van der Waals surface area (Å²) in [5, 5.41) is 6.26. The molecule has 2 aromatic rings. The lowest BCUT2D eigenvalue weighted by Gasteiger charge is -2.13. The highest BCUT2D eigenvalue weighted by Crippen LogP contribution is 2.30. The zero-order valence-corrected chi connectivity index (χ0v) is 13.0. The van der Waals surface area contributed by atoms with Crippen molar-refractivity contribution in [3.63, 3.8) is 0 Å². The number of aryl methyl sites for hydroxylation is 1. The highest BCUT2D eigenvalue weighted by Gasteiger charge is 2.09. The first-order valence-electron chi connectivity index (χ1n) is 6.63. The SMILES string of the molecule is COc1cc(Cl)c(C)cc1NCC(=O)Nc1ccc(F)cc1. The average molecular weight is 323 g/mol. The highest BCUT2D eigenvalue weighted by atomic mass is 35.5. The van der Waals surface area contributed by atoms with E-state index in [0.29, 0.717) is 22.1 Å². The van der Waals surface area contributed by atoms with Crippen molar-refractivity contribution < 1.29 is 13.9 Å². The van der Waals surface area contributed by atoms with Crippen LogP contribution in [0.4, 0.5) is 15.8 Å². The van der Waals surface area contributed by atoms with Gasteiger partial charge in [0.15, 0.2) is 0 Å². The Balaban J connectivity index is 1.99. The van der Waals surface area contributed by atoms with Gasteiger partial charge in [0.2, 0.25) is 5.91 Å². The highest BCUT2D eigenvalue weighted by molar-refractivity contribution is 6.31. The summed E-state index contributed by atoms with van der Waals surface area (Å²) < 4.78 is 18.0. The van der Waals surface area contributed by atoms with Gasteiger partial charge in [-0.25, -0.2) is 4.39 Å². The molecule has 1 amide bonds. The third-order valence-corrected chi connectivity index (χ3v) is 3.46. The zero-order valence-electron chi connectivity index (χ0n) is 12.2. The van der Waals surface area contributed by atoms with E-state index in [1.807, 2.05) is 13.0 Å². The number of hydrogen-bond donors (Lipinski definition) is 2. The van der Waals surface area contributed by atoms with E-state index in [1.54, 1.807) is 6.07 Å². The molecule has 0 atom stereocenters. The largest absolute Gasteiger partial charge is 0.495 e. The summed E-state index contributed by atoms with van der Waals surface area (Å²) in [6.45, 7) is 1.92. The number of ether oxygens (including phenoxy) is 1. The summed E-state index contributed by atoms with van der Waals surface area (Å²) in [6, 6.07) is 9.08. The molecule has 0 bridgehead atoms. The first kappa shape index (κ1) is 16.1. The lowest BCUT2D eigenvalue weighted by Crippen LogP contribution is -2.22. The maximum Gasteiger partial charge on any atom is 0.243 e. The van der Waals surface area contributed by atoms with Gasteiger partial charge in [0, 0.05) is 16.8 Å². The Hall–Kier alpha value is -2.27. The van der Waals surface area contributed by atoms with Crippen LogP contribution in [0.15, 0.2) is 36.4 Å². The monoisotopic (exact) mass is 322 g/mol. The van der Waals surface area contributed by atoms with E-state index in [4.69, 9.17) is 16.3 Å². The van der Waals surface area contributed by atoms with Gasteiger partial charge in [0.1, 0.15) is 11.6 Å². The van der Waals surface area contributed by atoms with Gasteiger partial charge in [-0.2, -0.15) is 0 Å². The predicted octanol–water partition coefficient (Wildman–Crippen LogP) is 3.85. The smallest absolute Gasteiger partial charge is 0.243 e. The van der Waals surface area contributed by atoms with E-state index >= 15 is 0 Å². The molecule has 0 aliphatic rings. The zero-order chi connectivity index (χ0) is 16.1. The third kappa shape index (κ3) is 4.11. The molecule has 4 nitrogen and oxygen atoms in total. The normalized spacial score (nSPS) is 10.2. The molecular weight excluding hydrogens is 307 g/mol. The van der Waals surface area contributed by atoms with Gasteiger partial charge in [-0.3, -0.25) is 4.79 Å². The number of anilines is 2. The Kier molecular flexibility index (Phi) is 5.22. The van der Waals surface area contributed by atoms with Gasteiger partial charge in [-0.05, 0) is 42.8 Å². The predicted molar refractivity (Wildman–Crippen MR) is 86.3 cm³/mol. The van der Waals surface area contributed by atoms with E-state index in [9.17, 15) is 9.18 Å². The van der Waals surface area contributed by atoms with E-state index in [0.717, 1.165) is 5.56 Å². The van der Waals surface area contributed by atoms with E-state index in [-0.39, 0.29) is 18.3 Å². The van der Waals surface area contributed by atoms with Crippen molar-refractivity contribution >= 4 is 28.9 Å². The molecule has 0 unspecified atom stereocenters. The maximum absolute atomic E-state index is 12.8. The van der Waals surface area contributed by atoms with Crippen LogP contribution in [0.5, 0.6) is 5.75 Å². The first-order valence-corrected chi connectivity index (χ1v) is 7.01. The second-order valence-electron chi connectivity index (χ2n) is 4.71. The van der Waals surface area contributed by atoms with Gasteiger partial charge in [-0.15, -0.1) is 0 Å². The number of amides is 1. The van der Waals surface area contributed by atoms with E-state index < -0.39 is 0 Å². The van der Waals surface area contributed by atoms with Crippen molar-refractivity contribution in [3.8, 4) is 5.75 Å². The van der Waals surface area contributed by atoms with Crippen LogP contribution >= 0.6 is 11.6 Å². The van der Waals surface area contributed by atoms with Gasteiger partial charge in [0.25, 0.3) is 0 Å². The fourth-order valence-electron chi connectivity index (χ4n) is 1.88. The number of hydrogen-bond acceptors (Lipinski definition) is 3. The van der Waals surface area contributed by atoms with Crippen molar-refractivity contribution in [3.05, 3.63) is 52.8 Å². The van der Waals surface area contributed by atoms with Crippen molar-refractivity contribution in [2.24, 2.45) is 0 Å². The fraction of sp³-hybridized carbons (Fsp3) is 0.188. The van der Waals surface area contributed by atoms with Crippen LogP contribution in [-0.4, -0.2) is 19.6 Å². The van der Waals surface area contributed by atoms with Gasteiger partial charge < -0.3 is 15.4 Å². The van der Waals surface area contributed by atoms with E-state index in [1.165, 1.54) is 31.4 Å². The maximum atomic E-state index is 12.8. The molecule has 0 saturated carbocycles. The van der Waals surface area contributed by atoms with Crippen molar-refractivity contribution in [1.29, 1.82) is 0 Å². The molecule has 116 valence electrons. The van der Waals surface area contributed by atoms with Crippen molar-refractivity contribution in [1.82, 2.24) is 0 Å². The molecule has 0 heterocycles. The summed E-state index contributed by atoms with van der Waals surface area (Å²) >= 11 is 6.03. The summed E-state index contributed by atoms with van der Waals surface area (Å²) in [5.41, 5.74) is 2.09. The molecule has 2 N–H and O–H groups in total. The second-order valence-corrected chi connectivity index (χ2v) is 5.12. The molecule has 0 spiro atoms. The number of carbonyl (C=O) groups excluding carboxylic acids is 1. The molecule has 2 rings (SSSR count). The topological polar surface area (TPSA) is 50.4 Å². The number of halogens is 2. The standard InChI is InChI=1S/C16H16ClFN2O2/c1-10-7-14(15(22-2)8-13(10)17)19-9-16(21)20-12-5-3-11(18)4-6-12/h3-8,19H,9H2,1-2H3,(H,20,21). The summed E-state index contributed by atoms with van der Waals surface area (Å²) in [6.07, 6.45) is 0. The molecule has 6 heteroatoms. The number of benzene rings is 2.